The van der Waals surface area contributed by atoms with E-state index in [1.54, 1.807) is 12.1 Å². The third-order valence-corrected chi connectivity index (χ3v) is 5.46. The molecular weight excluding hydrogens is 393 g/mol. The largest absolute Gasteiger partial charge is 0.354 e. The van der Waals surface area contributed by atoms with Gasteiger partial charge in [0.2, 0.25) is 5.91 Å². The van der Waals surface area contributed by atoms with Crippen molar-refractivity contribution in [3.8, 4) is 0 Å². The highest BCUT2D eigenvalue weighted by Gasteiger charge is 2.22. The number of aromatic nitrogens is 2. The Morgan fingerprint density at radius 3 is 2.39 bits per heavy atom. The minimum Gasteiger partial charge on any atom is -0.354 e. The zero-order chi connectivity index (χ0) is 20.4. The first-order valence-electron chi connectivity index (χ1n) is 9.45. The third-order valence-electron chi connectivity index (χ3n) is 4.74. The molecule has 0 aliphatic heterocycles. The monoisotopic (exact) mass is 417 g/mol. The number of carbonyl (C=O) groups excluding carboxylic acids is 1. The lowest BCUT2D eigenvalue weighted by atomic mass is 10.1. The Balaban J connectivity index is 2.04. The van der Waals surface area contributed by atoms with Crippen LogP contribution in [0.5, 0.6) is 0 Å². The molecule has 1 amide bonds. The second-order valence-electron chi connectivity index (χ2n) is 7.63. The number of amides is 1. The molecule has 0 aliphatic carbocycles. The molecule has 3 rings (SSSR count). The van der Waals surface area contributed by atoms with Crippen LogP contribution >= 0.6 is 23.2 Å². The Morgan fingerprint density at radius 2 is 1.75 bits per heavy atom. The van der Waals surface area contributed by atoms with Gasteiger partial charge in [-0.2, -0.15) is 0 Å². The molecule has 1 heterocycles. The van der Waals surface area contributed by atoms with Crippen LogP contribution in [-0.4, -0.2) is 22.0 Å². The average molecular weight is 418 g/mol. The van der Waals surface area contributed by atoms with E-state index >= 15 is 0 Å². The fraction of sp³-hybridized carbons (Fsp3) is 0.364. The molecule has 3 aromatic rings. The lowest BCUT2D eigenvalue weighted by Gasteiger charge is -2.18. The summed E-state index contributed by atoms with van der Waals surface area (Å²) in [6.07, 6.45) is 0.617. The van der Waals surface area contributed by atoms with Crippen molar-refractivity contribution in [1.82, 2.24) is 14.9 Å². The number of carbonyl (C=O) groups is 1. The first-order chi connectivity index (χ1) is 13.3. The van der Waals surface area contributed by atoms with E-state index in [4.69, 9.17) is 28.2 Å². The van der Waals surface area contributed by atoms with Crippen LogP contribution in [0, 0.1) is 12.8 Å². The molecule has 0 radical (unpaired) electrons. The van der Waals surface area contributed by atoms with Crippen LogP contribution in [0.4, 0.5) is 0 Å². The Hall–Kier alpha value is -2.04. The zero-order valence-corrected chi connectivity index (χ0v) is 18.1. The molecule has 0 fully saturated rings. The molecule has 0 saturated heterocycles. The van der Waals surface area contributed by atoms with Crippen LogP contribution in [0.3, 0.4) is 0 Å². The van der Waals surface area contributed by atoms with Crippen molar-refractivity contribution < 1.29 is 4.79 Å². The summed E-state index contributed by atoms with van der Waals surface area (Å²) >= 11 is 12.5. The fourth-order valence-corrected chi connectivity index (χ4v) is 3.47. The zero-order valence-electron chi connectivity index (χ0n) is 16.6. The molecule has 1 aromatic heterocycles. The highest BCUT2D eigenvalue weighted by atomic mass is 35.5. The van der Waals surface area contributed by atoms with Crippen molar-refractivity contribution in [1.29, 1.82) is 0 Å². The predicted molar refractivity (Wildman–Crippen MR) is 116 cm³/mol. The van der Waals surface area contributed by atoms with Crippen molar-refractivity contribution in [3.63, 3.8) is 0 Å². The Bertz CT molecular complexity index is 993. The van der Waals surface area contributed by atoms with E-state index < -0.39 is 6.04 Å². The SMILES string of the molecule is Cc1ccc(Cc2nc3cc(Cl)c(Cl)cc3n2[C@@H](C)C(=O)NCC(C)C)cc1. The number of hydrogen-bond donors (Lipinski definition) is 1. The average Bonchev–Trinajstić information content (AvgIpc) is 2.98. The molecule has 4 nitrogen and oxygen atoms in total. The maximum Gasteiger partial charge on any atom is 0.242 e. The molecule has 0 unspecified atom stereocenters. The van der Waals surface area contributed by atoms with Crippen molar-refractivity contribution in [2.24, 2.45) is 5.92 Å². The molecule has 1 atom stereocenters. The number of aryl methyl sites for hydroxylation is 1. The van der Waals surface area contributed by atoms with Crippen molar-refractivity contribution in [3.05, 3.63) is 63.4 Å². The fourth-order valence-electron chi connectivity index (χ4n) is 3.16. The minimum atomic E-state index is -0.415. The summed E-state index contributed by atoms with van der Waals surface area (Å²) in [5.41, 5.74) is 3.88. The van der Waals surface area contributed by atoms with Gasteiger partial charge in [-0.05, 0) is 37.5 Å². The standard InChI is InChI=1S/C22H25Cl2N3O/c1-13(2)12-25-22(28)15(4)27-20-11-18(24)17(23)10-19(20)26-21(27)9-16-7-5-14(3)6-8-16/h5-8,10-11,13,15H,9,12H2,1-4H3,(H,25,28)/t15-/m0/s1. The van der Waals surface area contributed by atoms with Gasteiger partial charge in [0.15, 0.2) is 0 Å². The summed E-state index contributed by atoms with van der Waals surface area (Å²) in [4.78, 5) is 17.5. The van der Waals surface area contributed by atoms with E-state index in [0.29, 0.717) is 28.9 Å². The van der Waals surface area contributed by atoms with Gasteiger partial charge in [-0.15, -0.1) is 0 Å². The summed E-state index contributed by atoms with van der Waals surface area (Å²) < 4.78 is 1.97. The Labute approximate surface area is 175 Å². The van der Waals surface area contributed by atoms with E-state index in [2.05, 4.69) is 50.4 Å². The van der Waals surface area contributed by atoms with Crippen molar-refractivity contribution in [2.45, 2.75) is 40.2 Å². The third kappa shape index (κ3) is 4.50. The van der Waals surface area contributed by atoms with Crippen molar-refractivity contribution in [2.75, 3.05) is 6.54 Å². The lowest BCUT2D eigenvalue weighted by molar-refractivity contribution is -0.124. The van der Waals surface area contributed by atoms with Crippen molar-refractivity contribution >= 4 is 40.1 Å². The molecular formula is C22H25Cl2N3O. The Kier molecular flexibility index (Phi) is 6.31. The van der Waals surface area contributed by atoms with Crippen LogP contribution < -0.4 is 5.32 Å². The van der Waals surface area contributed by atoms with Gasteiger partial charge >= 0.3 is 0 Å². The number of imidazole rings is 1. The van der Waals surface area contributed by atoms with Crippen LogP contribution in [0.25, 0.3) is 11.0 Å². The summed E-state index contributed by atoms with van der Waals surface area (Å²) in [5, 5.41) is 3.92. The highest BCUT2D eigenvalue weighted by Crippen LogP contribution is 2.31. The van der Waals surface area contributed by atoms with Gasteiger partial charge in [0.05, 0.1) is 21.1 Å². The van der Waals surface area contributed by atoms with Gasteiger partial charge in [0.25, 0.3) is 0 Å². The number of fused-ring (bicyclic) bond motifs is 1. The summed E-state index contributed by atoms with van der Waals surface area (Å²) in [7, 11) is 0. The van der Waals surface area contributed by atoms with Gasteiger partial charge in [0.1, 0.15) is 11.9 Å². The quantitative estimate of drug-likeness (QED) is 0.569. The first-order valence-corrected chi connectivity index (χ1v) is 10.2. The molecule has 0 saturated carbocycles. The number of rotatable bonds is 6. The highest BCUT2D eigenvalue weighted by molar-refractivity contribution is 6.42. The van der Waals surface area contributed by atoms with E-state index in [-0.39, 0.29) is 5.91 Å². The van der Waals surface area contributed by atoms with Gasteiger partial charge in [-0.25, -0.2) is 4.98 Å². The maximum atomic E-state index is 12.8. The molecule has 1 N–H and O–H groups in total. The van der Waals surface area contributed by atoms with Gasteiger partial charge in [-0.3, -0.25) is 4.79 Å². The number of hydrogen-bond acceptors (Lipinski definition) is 2. The van der Waals surface area contributed by atoms with E-state index in [1.165, 1.54) is 5.56 Å². The number of benzene rings is 2. The minimum absolute atomic E-state index is 0.0378. The lowest BCUT2D eigenvalue weighted by Crippen LogP contribution is -2.34. The van der Waals surface area contributed by atoms with Gasteiger partial charge < -0.3 is 9.88 Å². The second-order valence-corrected chi connectivity index (χ2v) is 8.44. The molecule has 0 bridgehead atoms. The topological polar surface area (TPSA) is 46.9 Å². The van der Waals surface area contributed by atoms with Crippen LogP contribution in [0.15, 0.2) is 36.4 Å². The summed E-state index contributed by atoms with van der Waals surface area (Å²) in [6.45, 7) is 8.72. The predicted octanol–water partition coefficient (Wildman–Crippen LogP) is 5.58. The van der Waals surface area contributed by atoms with Crippen LogP contribution in [0.1, 0.15) is 43.8 Å². The number of halogens is 2. The van der Waals surface area contributed by atoms with Gasteiger partial charge in [0, 0.05) is 13.0 Å². The molecule has 2 aromatic carbocycles. The molecule has 148 valence electrons. The Morgan fingerprint density at radius 1 is 1.11 bits per heavy atom. The van der Waals surface area contributed by atoms with E-state index in [9.17, 15) is 4.79 Å². The molecule has 0 aliphatic rings. The maximum absolute atomic E-state index is 12.8. The van der Waals surface area contributed by atoms with Gasteiger partial charge in [-0.1, -0.05) is 66.9 Å². The summed E-state index contributed by atoms with van der Waals surface area (Å²) in [6, 6.07) is 11.5. The summed E-state index contributed by atoms with van der Waals surface area (Å²) in [5.74, 6) is 1.16. The normalized spacial score (nSPS) is 12.5. The number of nitrogens with zero attached hydrogens (tertiary/aromatic N) is 2. The van der Waals surface area contributed by atoms with E-state index in [1.807, 2.05) is 11.5 Å². The second kappa shape index (κ2) is 8.54. The van der Waals surface area contributed by atoms with Crippen LogP contribution in [0.2, 0.25) is 10.0 Å². The smallest absolute Gasteiger partial charge is 0.242 e. The van der Waals surface area contributed by atoms with Crippen LogP contribution in [-0.2, 0) is 11.2 Å². The molecule has 6 heteroatoms. The molecule has 0 spiro atoms. The van der Waals surface area contributed by atoms with E-state index in [0.717, 1.165) is 22.4 Å². The first kappa shape index (κ1) is 20.7. The number of nitrogens with one attached hydrogen (secondary N) is 1. The molecule has 28 heavy (non-hydrogen) atoms.